The third kappa shape index (κ3) is 6.93. The van der Waals surface area contributed by atoms with E-state index >= 15 is 0 Å². The summed E-state index contributed by atoms with van der Waals surface area (Å²) in [6, 6.07) is 12.5. The molecule has 6 heteroatoms. The van der Waals surface area contributed by atoms with Gasteiger partial charge in [0.15, 0.2) is 0 Å². The van der Waals surface area contributed by atoms with Crippen LogP contribution in [0.5, 0.6) is 0 Å². The number of amides is 2. The first-order valence-electron chi connectivity index (χ1n) is 8.53. The first-order valence-corrected chi connectivity index (χ1v) is 8.53. The Hall–Kier alpha value is -2.89. The van der Waals surface area contributed by atoms with Crippen LogP contribution in [0.1, 0.15) is 31.9 Å². The van der Waals surface area contributed by atoms with Crippen LogP contribution in [0.4, 0.5) is 4.79 Å². The first kappa shape index (κ1) is 19.4. The van der Waals surface area contributed by atoms with Crippen molar-refractivity contribution < 1.29 is 14.3 Å². The van der Waals surface area contributed by atoms with Gasteiger partial charge in [0, 0.05) is 25.4 Å². The van der Waals surface area contributed by atoms with E-state index in [-0.39, 0.29) is 5.91 Å². The molecule has 138 valence electrons. The van der Waals surface area contributed by atoms with Crippen molar-refractivity contribution in [3.63, 3.8) is 0 Å². The topological polar surface area (TPSA) is 80.3 Å². The minimum Gasteiger partial charge on any atom is -0.444 e. The number of nitrogens with one attached hydrogen (secondary N) is 2. The molecular weight excluding hydrogens is 330 g/mol. The third-order valence-electron chi connectivity index (χ3n) is 3.51. The van der Waals surface area contributed by atoms with E-state index in [0.29, 0.717) is 13.0 Å². The minimum absolute atomic E-state index is 0.267. The summed E-state index contributed by atoms with van der Waals surface area (Å²) in [5, 5.41) is 5.53. The molecule has 1 aromatic heterocycles. The minimum atomic E-state index is -0.740. The van der Waals surface area contributed by atoms with Crippen molar-refractivity contribution in [3.8, 4) is 0 Å². The van der Waals surface area contributed by atoms with Crippen LogP contribution in [0.3, 0.4) is 0 Å². The van der Waals surface area contributed by atoms with Crippen molar-refractivity contribution in [2.24, 2.45) is 0 Å². The molecule has 0 saturated carbocycles. The Morgan fingerprint density at radius 3 is 2.31 bits per heavy atom. The highest BCUT2D eigenvalue weighted by Gasteiger charge is 2.24. The largest absolute Gasteiger partial charge is 0.444 e. The van der Waals surface area contributed by atoms with Crippen molar-refractivity contribution in [2.75, 3.05) is 0 Å². The highest BCUT2D eigenvalue weighted by Crippen LogP contribution is 2.08. The Kier molecular flexibility index (Phi) is 6.72. The van der Waals surface area contributed by atoms with Gasteiger partial charge in [-0.05, 0) is 44.0 Å². The Bertz CT molecular complexity index is 712. The SMILES string of the molecule is CC(C)(C)OC(=O)N[C@@H](Cc1ccncc1)C(=O)NCc1ccccc1. The van der Waals surface area contributed by atoms with Crippen molar-refractivity contribution in [1.29, 1.82) is 0 Å². The highest BCUT2D eigenvalue weighted by molar-refractivity contribution is 5.86. The number of benzene rings is 1. The average molecular weight is 355 g/mol. The van der Waals surface area contributed by atoms with Crippen LogP contribution < -0.4 is 10.6 Å². The number of carbonyl (C=O) groups excluding carboxylic acids is 2. The molecule has 0 fully saturated rings. The summed E-state index contributed by atoms with van der Waals surface area (Å²) in [5.74, 6) is -0.267. The molecule has 0 bridgehead atoms. The molecule has 26 heavy (non-hydrogen) atoms. The summed E-state index contributed by atoms with van der Waals surface area (Å²) in [7, 11) is 0. The van der Waals surface area contributed by atoms with E-state index in [1.807, 2.05) is 42.5 Å². The van der Waals surface area contributed by atoms with E-state index in [0.717, 1.165) is 11.1 Å². The van der Waals surface area contributed by atoms with Gasteiger partial charge in [-0.1, -0.05) is 30.3 Å². The van der Waals surface area contributed by atoms with E-state index in [1.54, 1.807) is 33.2 Å². The molecule has 1 aromatic carbocycles. The van der Waals surface area contributed by atoms with Gasteiger partial charge in [0.05, 0.1) is 0 Å². The molecule has 2 aromatic rings. The molecule has 0 spiro atoms. The van der Waals surface area contributed by atoms with Crippen LogP contribution in [0.2, 0.25) is 0 Å². The monoisotopic (exact) mass is 355 g/mol. The van der Waals surface area contributed by atoms with Gasteiger partial charge in [0.2, 0.25) is 5.91 Å². The van der Waals surface area contributed by atoms with E-state index in [1.165, 1.54) is 0 Å². The van der Waals surface area contributed by atoms with Crippen LogP contribution >= 0.6 is 0 Å². The molecule has 0 unspecified atom stereocenters. The quantitative estimate of drug-likeness (QED) is 0.835. The third-order valence-corrected chi connectivity index (χ3v) is 3.51. The van der Waals surface area contributed by atoms with Gasteiger partial charge in [0.25, 0.3) is 0 Å². The zero-order chi connectivity index (χ0) is 19.0. The van der Waals surface area contributed by atoms with Gasteiger partial charge in [0.1, 0.15) is 11.6 Å². The Labute approximate surface area is 154 Å². The molecule has 2 rings (SSSR count). The molecule has 1 heterocycles. The Balaban J connectivity index is 2.03. The molecule has 0 aliphatic carbocycles. The summed E-state index contributed by atoms with van der Waals surface area (Å²) in [6.07, 6.45) is 3.04. The molecule has 0 aliphatic heterocycles. The highest BCUT2D eigenvalue weighted by atomic mass is 16.6. The number of hydrogen-bond acceptors (Lipinski definition) is 4. The normalized spacial score (nSPS) is 12.1. The number of aromatic nitrogens is 1. The maximum absolute atomic E-state index is 12.6. The first-order chi connectivity index (χ1) is 12.3. The fraction of sp³-hybridized carbons (Fsp3) is 0.350. The lowest BCUT2D eigenvalue weighted by Gasteiger charge is -2.23. The number of pyridine rings is 1. The number of nitrogens with zero attached hydrogens (tertiary/aromatic N) is 1. The predicted octanol–water partition coefficient (Wildman–Crippen LogP) is 2.83. The second-order valence-corrected chi connectivity index (χ2v) is 6.96. The van der Waals surface area contributed by atoms with Crippen LogP contribution in [0, 0.1) is 0 Å². The number of alkyl carbamates (subject to hydrolysis) is 1. The Morgan fingerprint density at radius 2 is 1.69 bits per heavy atom. The van der Waals surface area contributed by atoms with Gasteiger partial charge < -0.3 is 15.4 Å². The summed E-state index contributed by atoms with van der Waals surface area (Å²) < 4.78 is 5.28. The molecule has 1 atom stereocenters. The molecular formula is C20H25N3O3. The lowest BCUT2D eigenvalue weighted by Crippen LogP contribution is -2.49. The zero-order valence-electron chi connectivity index (χ0n) is 15.4. The lowest BCUT2D eigenvalue weighted by atomic mass is 10.1. The van der Waals surface area contributed by atoms with E-state index in [2.05, 4.69) is 15.6 Å². The summed E-state index contributed by atoms with van der Waals surface area (Å²) in [4.78, 5) is 28.7. The second-order valence-electron chi connectivity index (χ2n) is 6.96. The number of ether oxygens (including phenoxy) is 1. The fourth-order valence-corrected chi connectivity index (χ4v) is 2.32. The van der Waals surface area contributed by atoms with Gasteiger partial charge >= 0.3 is 6.09 Å². The van der Waals surface area contributed by atoms with Crippen molar-refractivity contribution in [1.82, 2.24) is 15.6 Å². The maximum atomic E-state index is 12.6. The smallest absolute Gasteiger partial charge is 0.408 e. The van der Waals surface area contributed by atoms with Crippen LogP contribution in [0.25, 0.3) is 0 Å². The van der Waals surface area contributed by atoms with Crippen LogP contribution in [-0.2, 0) is 22.5 Å². The van der Waals surface area contributed by atoms with E-state index < -0.39 is 17.7 Å². The number of carbonyl (C=O) groups is 2. The standard InChI is InChI=1S/C20H25N3O3/c1-20(2,3)26-19(25)23-17(13-15-9-11-21-12-10-15)18(24)22-14-16-7-5-4-6-8-16/h4-12,17H,13-14H2,1-3H3,(H,22,24)(H,23,25)/t17-/m0/s1. The van der Waals surface area contributed by atoms with E-state index in [9.17, 15) is 9.59 Å². The lowest BCUT2D eigenvalue weighted by molar-refractivity contribution is -0.123. The molecule has 0 aliphatic rings. The summed E-state index contributed by atoms with van der Waals surface area (Å²) >= 11 is 0. The predicted molar refractivity (Wildman–Crippen MR) is 99.4 cm³/mol. The molecule has 6 nitrogen and oxygen atoms in total. The van der Waals surface area contributed by atoms with Crippen molar-refractivity contribution in [2.45, 2.75) is 45.4 Å². The fourth-order valence-electron chi connectivity index (χ4n) is 2.32. The van der Waals surface area contributed by atoms with Crippen molar-refractivity contribution >= 4 is 12.0 Å². The van der Waals surface area contributed by atoms with E-state index in [4.69, 9.17) is 4.74 Å². The summed E-state index contributed by atoms with van der Waals surface area (Å²) in [6.45, 7) is 5.72. The molecule has 0 radical (unpaired) electrons. The molecule has 2 N–H and O–H groups in total. The van der Waals surface area contributed by atoms with Gasteiger partial charge in [-0.15, -0.1) is 0 Å². The molecule has 2 amide bonds. The van der Waals surface area contributed by atoms with Crippen molar-refractivity contribution in [3.05, 3.63) is 66.0 Å². The Morgan fingerprint density at radius 1 is 1.04 bits per heavy atom. The van der Waals surface area contributed by atoms with Gasteiger partial charge in [-0.25, -0.2) is 4.79 Å². The zero-order valence-corrected chi connectivity index (χ0v) is 15.4. The van der Waals surface area contributed by atoms with Gasteiger partial charge in [-0.3, -0.25) is 9.78 Å². The van der Waals surface area contributed by atoms with Crippen LogP contribution in [0.15, 0.2) is 54.9 Å². The van der Waals surface area contributed by atoms with Crippen LogP contribution in [-0.4, -0.2) is 28.6 Å². The second kappa shape index (κ2) is 8.99. The average Bonchev–Trinajstić information content (AvgIpc) is 2.59. The number of rotatable bonds is 6. The van der Waals surface area contributed by atoms with Gasteiger partial charge in [-0.2, -0.15) is 0 Å². The number of hydrogen-bond donors (Lipinski definition) is 2. The maximum Gasteiger partial charge on any atom is 0.408 e. The molecule has 0 saturated heterocycles. The summed E-state index contributed by atoms with van der Waals surface area (Å²) in [5.41, 5.74) is 1.25.